The van der Waals surface area contributed by atoms with Gasteiger partial charge in [0, 0.05) is 11.2 Å². The number of nitrogens with zero attached hydrogens (tertiary/aromatic N) is 1. The fraction of sp³-hybridized carbons (Fsp3) is 0.176. The average Bonchev–Trinajstić information content (AvgIpc) is 2.96. The fourth-order valence-corrected chi connectivity index (χ4v) is 4.72. The molecule has 1 heterocycles. The Hall–Kier alpha value is -1.85. The van der Waals surface area contributed by atoms with Gasteiger partial charge in [-0.2, -0.15) is 0 Å². The quantitative estimate of drug-likeness (QED) is 0.709. The molecule has 0 spiro atoms. The lowest BCUT2D eigenvalue weighted by atomic mass is 10.2. The highest BCUT2D eigenvalue weighted by molar-refractivity contribution is 7.92. The maximum Gasteiger partial charge on any atom is 0.264 e. The predicted molar refractivity (Wildman–Crippen MR) is 93.2 cm³/mol. The summed E-state index contributed by atoms with van der Waals surface area (Å²) in [6.45, 7) is 4.19. The first-order chi connectivity index (χ1) is 10.5. The number of anilines is 1. The van der Waals surface area contributed by atoms with E-state index in [-0.39, 0.29) is 0 Å². The SMILES string of the molecule is CCN(c1ccc2ccsc2c1)S(=O)(=O)c1ccc(C)cc1. The van der Waals surface area contributed by atoms with Crippen LogP contribution in [0.4, 0.5) is 5.69 Å². The van der Waals surface area contributed by atoms with E-state index in [0.717, 1.165) is 15.6 Å². The molecule has 0 aliphatic carbocycles. The third kappa shape index (κ3) is 2.62. The fourth-order valence-electron chi connectivity index (χ4n) is 2.43. The van der Waals surface area contributed by atoms with Crippen LogP contribution >= 0.6 is 11.3 Å². The van der Waals surface area contributed by atoms with Crippen molar-refractivity contribution in [3.05, 3.63) is 59.5 Å². The summed E-state index contributed by atoms with van der Waals surface area (Å²) in [6, 6.07) is 14.8. The zero-order valence-corrected chi connectivity index (χ0v) is 14.1. The lowest BCUT2D eigenvalue weighted by Crippen LogP contribution is -2.30. The lowest BCUT2D eigenvalue weighted by Gasteiger charge is -2.23. The summed E-state index contributed by atoms with van der Waals surface area (Å²) < 4.78 is 28.3. The first kappa shape index (κ1) is 15.1. The van der Waals surface area contributed by atoms with Crippen LogP contribution in [0.2, 0.25) is 0 Å². The van der Waals surface area contributed by atoms with Crippen LogP contribution in [0.25, 0.3) is 10.1 Å². The standard InChI is InChI=1S/C17H17NO2S2/c1-3-18(15-7-6-14-10-11-21-17(14)12-15)22(19,20)16-8-4-13(2)5-9-16/h4-12H,3H2,1-2H3. The number of rotatable bonds is 4. The van der Waals surface area contributed by atoms with E-state index in [9.17, 15) is 8.42 Å². The number of benzene rings is 2. The first-order valence-corrected chi connectivity index (χ1v) is 9.41. The Morgan fingerprint density at radius 3 is 2.45 bits per heavy atom. The molecular weight excluding hydrogens is 314 g/mol. The van der Waals surface area contributed by atoms with Crippen molar-refractivity contribution in [2.45, 2.75) is 18.7 Å². The van der Waals surface area contributed by atoms with Crippen molar-refractivity contribution in [1.29, 1.82) is 0 Å². The van der Waals surface area contributed by atoms with E-state index >= 15 is 0 Å². The van der Waals surface area contributed by atoms with E-state index in [1.165, 1.54) is 4.31 Å². The average molecular weight is 331 g/mol. The molecule has 0 saturated heterocycles. The van der Waals surface area contributed by atoms with Crippen LogP contribution in [0.3, 0.4) is 0 Å². The minimum atomic E-state index is -3.53. The molecule has 3 aromatic rings. The minimum Gasteiger partial charge on any atom is -0.267 e. The normalized spacial score (nSPS) is 11.7. The zero-order valence-electron chi connectivity index (χ0n) is 12.5. The summed E-state index contributed by atoms with van der Waals surface area (Å²) in [6.07, 6.45) is 0. The van der Waals surface area contributed by atoms with Gasteiger partial charge in [-0.1, -0.05) is 23.8 Å². The topological polar surface area (TPSA) is 37.4 Å². The summed E-state index contributed by atoms with van der Waals surface area (Å²) in [5.41, 5.74) is 1.75. The second-order valence-electron chi connectivity index (χ2n) is 5.13. The van der Waals surface area contributed by atoms with Crippen molar-refractivity contribution >= 4 is 37.1 Å². The summed E-state index contributed by atoms with van der Waals surface area (Å²) in [5.74, 6) is 0. The molecule has 114 valence electrons. The molecule has 3 rings (SSSR count). The predicted octanol–water partition coefficient (Wildman–Crippen LogP) is 4.42. The van der Waals surface area contributed by atoms with Gasteiger partial charge in [0.25, 0.3) is 10.0 Å². The first-order valence-electron chi connectivity index (χ1n) is 7.09. The van der Waals surface area contributed by atoms with E-state index in [4.69, 9.17) is 0 Å². The minimum absolute atomic E-state index is 0.325. The van der Waals surface area contributed by atoms with Crippen LogP contribution in [0, 0.1) is 6.92 Å². The van der Waals surface area contributed by atoms with Crippen LogP contribution in [0.5, 0.6) is 0 Å². The van der Waals surface area contributed by atoms with Gasteiger partial charge in [0.15, 0.2) is 0 Å². The molecule has 2 aromatic carbocycles. The number of fused-ring (bicyclic) bond motifs is 1. The molecule has 1 aromatic heterocycles. The number of aryl methyl sites for hydroxylation is 1. The van der Waals surface area contributed by atoms with Crippen molar-refractivity contribution in [1.82, 2.24) is 0 Å². The third-order valence-electron chi connectivity index (χ3n) is 3.62. The lowest BCUT2D eigenvalue weighted by molar-refractivity contribution is 0.592. The van der Waals surface area contributed by atoms with Crippen LogP contribution in [-0.4, -0.2) is 15.0 Å². The molecule has 3 nitrogen and oxygen atoms in total. The Bertz CT molecular complexity index is 896. The van der Waals surface area contributed by atoms with Gasteiger partial charge >= 0.3 is 0 Å². The Morgan fingerprint density at radius 2 is 1.77 bits per heavy atom. The largest absolute Gasteiger partial charge is 0.267 e. The molecule has 0 amide bonds. The van der Waals surface area contributed by atoms with Gasteiger partial charge in [0.2, 0.25) is 0 Å². The number of sulfonamides is 1. The highest BCUT2D eigenvalue weighted by atomic mass is 32.2. The van der Waals surface area contributed by atoms with E-state index in [1.807, 2.05) is 55.6 Å². The van der Waals surface area contributed by atoms with Gasteiger partial charge < -0.3 is 0 Å². The Balaban J connectivity index is 2.07. The molecule has 0 N–H and O–H groups in total. The monoisotopic (exact) mass is 331 g/mol. The van der Waals surface area contributed by atoms with Gasteiger partial charge in [-0.05, 0) is 54.9 Å². The van der Waals surface area contributed by atoms with E-state index in [2.05, 4.69) is 0 Å². The van der Waals surface area contributed by atoms with Gasteiger partial charge in [0.05, 0.1) is 10.6 Å². The van der Waals surface area contributed by atoms with Crippen molar-refractivity contribution in [2.75, 3.05) is 10.8 Å². The summed E-state index contributed by atoms with van der Waals surface area (Å²) >= 11 is 1.62. The smallest absolute Gasteiger partial charge is 0.264 e. The second kappa shape index (κ2) is 5.74. The number of thiophene rings is 1. The highest BCUT2D eigenvalue weighted by Crippen LogP contribution is 2.29. The Labute approximate surface area is 134 Å². The number of hydrogen-bond donors (Lipinski definition) is 0. The van der Waals surface area contributed by atoms with Gasteiger partial charge in [-0.3, -0.25) is 4.31 Å². The highest BCUT2D eigenvalue weighted by Gasteiger charge is 2.23. The Kier molecular flexibility index (Phi) is 3.93. The molecule has 0 aliphatic rings. The van der Waals surface area contributed by atoms with Crippen molar-refractivity contribution in [2.24, 2.45) is 0 Å². The molecule has 0 aliphatic heterocycles. The van der Waals surface area contributed by atoms with Crippen molar-refractivity contribution in [3.63, 3.8) is 0 Å². The molecule has 0 unspecified atom stereocenters. The van der Waals surface area contributed by atoms with E-state index in [0.29, 0.717) is 17.1 Å². The second-order valence-corrected chi connectivity index (χ2v) is 7.94. The van der Waals surface area contributed by atoms with Crippen molar-refractivity contribution < 1.29 is 8.42 Å². The summed E-state index contributed by atoms with van der Waals surface area (Å²) in [5, 5.41) is 3.15. The van der Waals surface area contributed by atoms with Gasteiger partial charge in [-0.25, -0.2) is 8.42 Å². The molecule has 0 radical (unpaired) electrons. The van der Waals surface area contributed by atoms with Crippen LogP contribution in [-0.2, 0) is 10.0 Å². The van der Waals surface area contributed by atoms with Crippen LogP contribution < -0.4 is 4.31 Å². The molecule has 0 fully saturated rings. The molecule has 0 saturated carbocycles. The summed E-state index contributed by atoms with van der Waals surface area (Å²) in [7, 11) is -3.53. The van der Waals surface area contributed by atoms with E-state index < -0.39 is 10.0 Å². The third-order valence-corrected chi connectivity index (χ3v) is 6.42. The van der Waals surface area contributed by atoms with Crippen molar-refractivity contribution in [3.8, 4) is 0 Å². The zero-order chi connectivity index (χ0) is 15.7. The molecule has 5 heteroatoms. The molecule has 22 heavy (non-hydrogen) atoms. The van der Waals surface area contributed by atoms with Gasteiger partial charge in [-0.15, -0.1) is 11.3 Å². The molecule has 0 bridgehead atoms. The number of hydrogen-bond acceptors (Lipinski definition) is 3. The Morgan fingerprint density at radius 1 is 1.05 bits per heavy atom. The molecule has 0 atom stereocenters. The van der Waals surface area contributed by atoms with Crippen LogP contribution in [0.1, 0.15) is 12.5 Å². The van der Waals surface area contributed by atoms with Gasteiger partial charge in [0.1, 0.15) is 0 Å². The van der Waals surface area contributed by atoms with E-state index in [1.54, 1.807) is 23.5 Å². The maximum absolute atomic E-state index is 12.9. The molecular formula is C17H17NO2S2. The van der Waals surface area contributed by atoms with Crippen LogP contribution in [0.15, 0.2) is 58.8 Å². The summed E-state index contributed by atoms with van der Waals surface area (Å²) in [4.78, 5) is 0.325. The maximum atomic E-state index is 12.9.